The van der Waals surface area contributed by atoms with E-state index in [1.54, 1.807) is 60.9 Å². The molecule has 0 spiro atoms. The van der Waals surface area contributed by atoms with Crippen LogP contribution in [0.2, 0.25) is 0 Å². The monoisotopic (exact) mass is 1010 g/mol. The van der Waals surface area contributed by atoms with E-state index in [0.29, 0.717) is 49.4 Å². The van der Waals surface area contributed by atoms with E-state index >= 15 is 0 Å². The Morgan fingerprint density at radius 2 is 0.676 bits per heavy atom. The quantitative estimate of drug-likeness (QED) is 0.138. The molecule has 0 radical (unpaired) electrons. The Kier molecular flexibility index (Phi) is 17.9. The Bertz CT molecular complexity index is 2170. The number of hydrogen-bond donors (Lipinski definition) is 0. The summed E-state index contributed by atoms with van der Waals surface area (Å²) < 4.78 is 50.1. The minimum absolute atomic E-state index is 0.234. The summed E-state index contributed by atoms with van der Waals surface area (Å²) in [5.74, 6) is 1.50. The van der Waals surface area contributed by atoms with Gasteiger partial charge in [0.25, 0.3) is 0 Å². The molecular formula is C54H70O10S4. The molecule has 0 saturated carbocycles. The number of hydrogen-bond acceptors (Lipinski definition) is 14. The normalized spacial score (nSPS) is 15.1. The number of esters is 2. The second-order valence-corrected chi connectivity index (χ2v) is 25.1. The van der Waals surface area contributed by atoms with Crippen molar-refractivity contribution < 1.29 is 47.5 Å². The molecular weight excluding hydrogens is 937 g/mol. The molecule has 0 aliphatic carbocycles. The van der Waals surface area contributed by atoms with Crippen LogP contribution in [0, 0.1) is 0 Å². The summed E-state index contributed by atoms with van der Waals surface area (Å²) >= 11 is 6.18. The number of ether oxygens (including phenoxy) is 8. The molecule has 0 aromatic heterocycles. The van der Waals surface area contributed by atoms with Crippen LogP contribution in [0.15, 0.2) is 87.7 Å². The van der Waals surface area contributed by atoms with Crippen molar-refractivity contribution in [2.24, 2.45) is 0 Å². The minimum atomic E-state index is -0.460. The third kappa shape index (κ3) is 14.0. The summed E-state index contributed by atoms with van der Waals surface area (Å²) in [5.41, 5.74) is 3.23. The van der Waals surface area contributed by atoms with Crippen LogP contribution in [-0.2, 0) is 50.2 Å². The molecule has 68 heavy (non-hydrogen) atoms. The van der Waals surface area contributed by atoms with Gasteiger partial charge in [-0.05, 0) is 106 Å². The van der Waals surface area contributed by atoms with Crippen molar-refractivity contribution in [2.75, 3.05) is 66.1 Å². The molecule has 4 aromatic rings. The van der Waals surface area contributed by atoms with Crippen molar-refractivity contribution in [3.05, 3.63) is 70.8 Å². The molecule has 6 rings (SSSR count). The molecule has 0 atom stereocenters. The number of fused-ring (bicyclic) bond motifs is 2. The van der Waals surface area contributed by atoms with Crippen LogP contribution < -0.4 is 18.9 Å². The Morgan fingerprint density at radius 3 is 0.926 bits per heavy atom. The van der Waals surface area contributed by atoms with E-state index in [1.165, 1.54) is 0 Å². The highest BCUT2D eigenvalue weighted by Gasteiger charge is 2.31. The third-order valence-electron chi connectivity index (χ3n) is 11.0. The number of rotatable bonds is 8. The van der Waals surface area contributed by atoms with Crippen molar-refractivity contribution in [1.82, 2.24) is 0 Å². The average molecular weight is 1010 g/mol. The first-order valence-corrected chi connectivity index (χ1v) is 26.7. The molecule has 370 valence electrons. The van der Waals surface area contributed by atoms with Gasteiger partial charge in [-0.3, -0.25) is 0 Å². The zero-order chi connectivity index (χ0) is 49.6. The van der Waals surface area contributed by atoms with Gasteiger partial charge in [0.05, 0.1) is 78.8 Å². The van der Waals surface area contributed by atoms with E-state index in [4.69, 9.17) is 37.9 Å². The molecule has 0 saturated heterocycles. The maximum absolute atomic E-state index is 13.1. The first kappa shape index (κ1) is 53.7. The Morgan fingerprint density at radius 1 is 0.426 bits per heavy atom. The van der Waals surface area contributed by atoms with Gasteiger partial charge in [0.15, 0.2) is 13.2 Å². The summed E-state index contributed by atoms with van der Waals surface area (Å²) in [6, 6.07) is 17.5. The van der Waals surface area contributed by atoms with E-state index < -0.39 is 11.9 Å². The molecule has 0 amide bonds. The standard InChI is InChI=1S/C54H70O10S4/c1-15-59-45(55)31-63-49-41-27-35(53(9,10)11)28-42(49)66-38-24-34(52(6,7)8)26-40-48(38)62-22-20-58-18-17-57-19-21-61-47-37(65-41)23-33(51(3,4)5)25-39(47)67-43-29-36(54(12,13)14)30-44(68-40)50(43)64-32-46(56)60-16-2/h23-30H,15-22,31-32H2,1-14H3. The second-order valence-electron chi connectivity index (χ2n) is 20.7. The van der Waals surface area contributed by atoms with Crippen molar-refractivity contribution >= 4 is 59.0 Å². The van der Waals surface area contributed by atoms with Crippen LogP contribution in [0.25, 0.3) is 0 Å². The van der Waals surface area contributed by atoms with E-state index in [0.717, 1.165) is 61.4 Å². The first-order chi connectivity index (χ1) is 32.0. The lowest BCUT2D eigenvalue weighted by Crippen LogP contribution is -2.17. The van der Waals surface area contributed by atoms with Gasteiger partial charge in [0.2, 0.25) is 0 Å². The predicted octanol–water partition coefficient (Wildman–Crippen LogP) is 13.5. The van der Waals surface area contributed by atoms with Crippen LogP contribution in [0.1, 0.15) is 119 Å². The maximum atomic E-state index is 13.1. The molecule has 0 unspecified atom stereocenters. The molecule has 14 heteroatoms. The number of carbonyl (C=O) groups is 2. The molecule has 2 heterocycles. The molecule has 0 fully saturated rings. The smallest absolute Gasteiger partial charge is 0.344 e. The Balaban J connectivity index is 1.81. The van der Waals surface area contributed by atoms with Gasteiger partial charge in [-0.15, -0.1) is 0 Å². The molecule has 2 aliphatic heterocycles. The van der Waals surface area contributed by atoms with Crippen molar-refractivity contribution in [1.29, 1.82) is 0 Å². The van der Waals surface area contributed by atoms with Gasteiger partial charge in [0, 0.05) is 0 Å². The first-order valence-electron chi connectivity index (χ1n) is 23.4. The van der Waals surface area contributed by atoms with Gasteiger partial charge in [-0.1, -0.05) is 130 Å². The molecule has 0 N–H and O–H groups in total. The van der Waals surface area contributed by atoms with Crippen LogP contribution in [0.3, 0.4) is 0 Å². The molecule has 2 aliphatic rings. The van der Waals surface area contributed by atoms with Gasteiger partial charge in [-0.2, -0.15) is 0 Å². The Hall–Kier alpha value is -3.66. The lowest BCUT2D eigenvalue weighted by Gasteiger charge is -2.28. The molecule has 10 nitrogen and oxygen atoms in total. The van der Waals surface area contributed by atoms with Crippen molar-refractivity contribution in [2.45, 2.75) is 158 Å². The van der Waals surface area contributed by atoms with Crippen LogP contribution in [0.4, 0.5) is 0 Å². The number of carbonyl (C=O) groups excluding carboxylic acids is 2. The van der Waals surface area contributed by atoms with Crippen LogP contribution >= 0.6 is 47.0 Å². The zero-order valence-corrected chi connectivity index (χ0v) is 45.7. The van der Waals surface area contributed by atoms with Gasteiger partial charge >= 0.3 is 11.9 Å². The summed E-state index contributed by atoms with van der Waals surface area (Å²) in [5, 5.41) is 0. The van der Waals surface area contributed by atoms with Crippen LogP contribution in [-0.4, -0.2) is 78.0 Å². The highest BCUT2D eigenvalue weighted by molar-refractivity contribution is 8.01. The van der Waals surface area contributed by atoms with Gasteiger partial charge < -0.3 is 37.9 Å². The van der Waals surface area contributed by atoms with E-state index in [2.05, 4.69) is 132 Å². The fraction of sp³-hybridized carbons (Fsp3) is 0.519. The van der Waals surface area contributed by atoms with Crippen molar-refractivity contribution in [3.63, 3.8) is 0 Å². The van der Waals surface area contributed by atoms with Gasteiger partial charge in [-0.25, -0.2) is 9.59 Å². The summed E-state index contributed by atoms with van der Waals surface area (Å²) in [7, 11) is 0. The maximum Gasteiger partial charge on any atom is 0.344 e. The van der Waals surface area contributed by atoms with Crippen molar-refractivity contribution in [3.8, 4) is 23.0 Å². The fourth-order valence-electron chi connectivity index (χ4n) is 7.08. The SMILES string of the molecule is CCOC(=O)COc1c2cc(C(C)(C)C)cc1Sc1cc(C(C)(C)C)cc3c1OCCOCCOCCOc1c(cc(C(C)(C)C)cc1Sc1cc(C(C)(C)C)cc(c1OCC(=O)OCC)S3)S2. The van der Waals surface area contributed by atoms with Crippen LogP contribution in [0.5, 0.6) is 23.0 Å². The summed E-state index contributed by atoms with van der Waals surface area (Å²) in [6.45, 7) is 31.8. The average Bonchev–Trinajstić information content (AvgIpc) is 3.23. The predicted molar refractivity (Wildman–Crippen MR) is 274 cm³/mol. The highest BCUT2D eigenvalue weighted by atomic mass is 32.2. The van der Waals surface area contributed by atoms with E-state index in [1.807, 2.05) is 0 Å². The molecule has 4 aromatic carbocycles. The third-order valence-corrected chi connectivity index (χ3v) is 15.2. The lowest BCUT2D eigenvalue weighted by atomic mass is 9.87. The summed E-state index contributed by atoms with van der Waals surface area (Å²) in [4.78, 5) is 33.0. The minimum Gasteiger partial charge on any atom is -0.489 e. The van der Waals surface area contributed by atoms with Gasteiger partial charge in [0.1, 0.15) is 36.2 Å². The fourth-order valence-corrected chi connectivity index (χ4v) is 11.9. The second kappa shape index (κ2) is 22.6. The van der Waals surface area contributed by atoms with E-state index in [-0.39, 0.29) is 61.3 Å². The zero-order valence-electron chi connectivity index (χ0n) is 42.4. The summed E-state index contributed by atoms with van der Waals surface area (Å²) in [6.07, 6.45) is 0. The molecule has 10 bridgehead atoms. The largest absolute Gasteiger partial charge is 0.489 e. The topological polar surface area (TPSA) is 108 Å². The highest BCUT2D eigenvalue weighted by Crippen LogP contribution is 2.56. The Labute approximate surface area is 421 Å². The van der Waals surface area contributed by atoms with E-state index in [9.17, 15) is 9.59 Å². The number of benzene rings is 4. The lowest BCUT2D eigenvalue weighted by molar-refractivity contribution is -0.146.